The molecule has 2 aromatic heterocycles. The van der Waals surface area contributed by atoms with Crippen LogP contribution in [0.4, 0.5) is 16.4 Å². The number of hydrogen-bond acceptors (Lipinski definition) is 6. The number of amides is 1. The molecule has 0 bridgehead atoms. The lowest BCUT2D eigenvalue weighted by molar-refractivity contribution is 0.154. The summed E-state index contributed by atoms with van der Waals surface area (Å²) in [6.07, 6.45) is 6.79. The van der Waals surface area contributed by atoms with Crippen molar-refractivity contribution < 1.29 is 9.90 Å². The summed E-state index contributed by atoms with van der Waals surface area (Å²) >= 11 is 0. The fourth-order valence-corrected chi connectivity index (χ4v) is 3.69. The molecule has 1 saturated heterocycles. The standard InChI is InChI=1S/C22H27N7O2/c1-27-11-8-19(9-12-27)29-15-18(13-24-29)25-21-23-10-7-20(26-21)17-5-3-16(4-6-17)14-28(2)22(30)31/h3-7,10,13,15,19H,8-9,11-12,14H2,1-2H3,(H,30,31)(H,23,25,26). The van der Waals surface area contributed by atoms with Gasteiger partial charge >= 0.3 is 6.09 Å². The molecule has 0 spiro atoms. The van der Waals surface area contributed by atoms with Gasteiger partial charge in [0.1, 0.15) is 0 Å². The second-order valence-corrected chi connectivity index (χ2v) is 7.97. The number of piperidine rings is 1. The van der Waals surface area contributed by atoms with E-state index in [4.69, 9.17) is 5.11 Å². The lowest BCUT2D eigenvalue weighted by atomic mass is 10.1. The van der Waals surface area contributed by atoms with Gasteiger partial charge in [0.2, 0.25) is 5.95 Å². The van der Waals surface area contributed by atoms with Crippen molar-refractivity contribution in [3.8, 4) is 11.3 Å². The Hall–Kier alpha value is -3.46. The van der Waals surface area contributed by atoms with Gasteiger partial charge in [-0.15, -0.1) is 0 Å². The minimum absolute atomic E-state index is 0.341. The van der Waals surface area contributed by atoms with Crippen LogP contribution in [0.25, 0.3) is 11.3 Å². The highest BCUT2D eigenvalue weighted by Gasteiger charge is 2.19. The predicted octanol–water partition coefficient (Wildman–Crippen LogP) is 3.46. The summed E-state index contributed by atoms with van der Waals surface area (Å²) in [6, 6.07) is 9.99. The second-order valence-electron chi connectivity index (χ2n) is 7.97. The molecule has 1 aromatic carbocycles. The number of nitrogens with one attached hydrogen (secondary N) is 1. The average Bonchev–Trinajstić information content (AvgIpc) is 3.23. The molecule has 1 aliphatic heterocycles. The van der Waals surface area contributed by atoms with Crippen molar-refractivity contribution in [2.45, 2.75) is 25.4 Å². The number of nitrogens with zero attached hydrogens (tertiary/aromatic N) is 6. The molecule has 1 amide bonds. The summed E-state index contributed by atoms with van der Waals surface area (Å²) in [5.74, 6) is 0.509. The first-order valence-corrected chi connectivity index (χ1v) is 10.3. The summed E-state index contributed by atoms with van der Waals surface area (Å²) in [5, 5.41) is 16.8. The number of carboxylic acid groups (broad SMARTS) is 1. The molecule has 31 heavy (non-hydrogen) atoms. The maximum absolute atomic E-state index is 11.0. The maximum atomic E-state index is 11.0. The van der Waals surface area contributed by atoms with E-state index in [1.165, 1.54) is 4.90 Å². The average molecular weight is 422 g/mol. The van der Waals surface area contributed by atoms with E-state index < -0.39 is 6.09 Å². The van der Waals surface area contributed by atoms with Gasteiger partial charge < -0.3 is 20.2 Å². The van der Waals surface area contributed by atoms with Gasteiger partial charge in [0.15, 0.2) is 0 Å². The fraction of sp³-hybridized carbons (Fsp3) is 0.364. The third-order valence-corrected chi connectivity index (χ3v) is 5.57. The van der Waals surface area contributed by atoms with Crippen molar-refractivity contribution >= 4 is 17.7 Å². The molecule has 1 aliphatic rings. The van der Waals surface area contributed by atoms with E-state index in [9.17, 15) is 4.79 Å². The smallest absolute Gasteiger partial charge is 0.407 e. The maximum Gasteiger partial charge on any atom is 0.407 e. The lowest BCUT2D eigenvalue weighted by Crippen LogP contribution is -2.31. The Morgan fingerprint density at radius 2 is 1.97 bits per heavy atom. The summed E-state index contributed by atoms with van der Waals surface area (Å²) in [6.45, 7) is 2.52. The summed E-state index contributed by atoms with van der Waals surface area (Å²) in [5.41, 5.74) is 3.51. The molecule has 3 heterocycles. The van der Waals surface area contributed by atoms with Crippen LogP contribution in [0.1, 0.15) is 24.4 Å². The highest BCUT2D eigenvalue weighted by molar-refractivity contribution is 5.65. The van der Waals surface area contributed by atoms with Crippen LogP contribution in [-0.4, -0.2) is 67.9 Å². The van der Waals surface area contributed by atoms with Crippen molar-refractivity contribution in [1.82, 2.24) is 29.5 Å². The molecule has 4 rings (SSSR count). The van der Waals surface area contributed by atoms with Crippen LogP contribution in [-0.2, 0) is 6.54 Å². The first kappa shape index (κ1) is 20.8. The number of anilines is 2. The molecule has 1 fully saturated rings. The number of benzene rings is 1. The highest BCUT2D eigenvalue weighted by atomic mass is 16.4. The van der Waals surface area contributed by atoms with Crippen LogP contribution in [0, 0.1) is 0 Å². The largest absolute Gasteiger partial charge is 0.465 e. The van der Waals surface area contributed by atoms with Crippen LogP contribution in [0.3, 0.4) is 0 Å². The van der Waals surface area contributed by atoms with Gasteiger partial charge in [0.05, 0.1) is 23.6 Å². The Labute approximate surface area is 181 Å². The Balaban J connectivity index is 1.42. The predicted molar refractivity (Wildman–Crippen MR) is 118 cm³/mol. The third-order valence-electron chi connectivity index (χ3n) is 5.57. The van der Waals surface area contributed by atoms with E-state index in [0.717, 1.165) is 48.4 Å². The normalized spacial score (nSPS) is 15.0. The van der Waals surface area contributed by atoms with Crippen molar-refractivity contribution in [3.63, 3.8) is 0 Å². The zero-order chi connectivity index (χ0) is 21.8. The van der Waals surface area contributed by atoms with Crippen LogP contribution in [0.5, 0.6) is 0 Å². The Kier molecular flexibility index (Phi) is 6.13. The van der Waals surface area contributed by atoms with Gasteiger partial charge in [-0.2, -0.15) is 5.10 Å². The van der Waals surface area contributed by atoms with Crippen molar-refractivity contribution in [3.05, 3.63) is 54.5 Å². The molecule has 2 N–H and O–H groups in total. The van der Waals surface area contributed by atoms with Crippen molar-refractivity contribution in [1.29, 1.82) is 0 Å². The van der Waals surface area contributed by atoms with Crippen LogP contribution in [0.15, 0.2) is 48.9 Å². The fourth-order valence-electron chi connectivity index (χ4n) is 3.69. The SMILES string of the molecule is CN1CCC(n2cc(Nc3nccc(-c4ccc(CN(C)C(=O)O)cc4)n3)cn2)CC1. The van der Waals surface area contributed by atoms with Gasteiger partial charge in [-0.3, -0.25) is 4.68 Å². The summed E-state index contributed by atoms with van der Waals surface area (Å²) in [4.78, 5) is 23.5. The molecule has 0 aliphatic carbocycles. The molecular formula is C22H27N7O2. The first-order valence-electron chi connectivity index (χ1n) is 10.3. The molecule has 0 atom stereocenters. The van der Waals surface area contributed by atoms with E-state index in [1.54, 1.807) is 13.2 Å². The van der Waals surface area contributed by atoms with E-state index >= 15 is 0 Å². The Bertz CT molecular complexity index is 1030. The topological polar surface area (TPSA) is 99.4 Å². The van der Waals surface area contributed by atoms with Crippen LogP contribution >= 0.6 is 0 Å². The molecule has 9 heteroatoms. The number of carbonyl (C=O) groups is 1. The van der Waals surface area contributed by atoms with E-state index in [-0.39, 0.29) is 0 Å². The zero-order valence-corrected chi connectivity index (χ0v) is 17.8. The monoisotopic (exact) mass is 421 g/mol. The molecule has 0 radical (unpaired) electrons. The van der Waals surface area contributed by atoms with Crippen LogP contribution in [0.2, 0.25) is 0 Å². The summed E-state index contributed by atoms with van der Waals surface area (Å²) in [7, 11) is 3.70. The van der Waals surface area contributed by atoms with E-state index in [1.807, 2.05) is 47.4 Å². The molecule has 0 unspecified atom stereocenters. The Morgan fingerprint density at radius 3 is 2.68 bits per heavy atom. The second kappa shape index (κ2) is 9.13. The van der Waals surface area contributed by atoms with Crippen molar-refractivity contribution in [2.75, 3.05) is 32.5 Å². The third kappa shape index (κ3) is 5.18. The molecule has 162 valence electrons. The van der Waals surface area contributed by atoms with Gasteiger partial charge in [-0.05, 0) is 44.6 Å². The number of likely N-dealkylation sites (tertiary alicyclic amines) is 1. The van der Waals surface area contributed by atoms with Crippen molar-refractivity contribution in [2.24, 2.45) is 0 Å². The minimum atomic E-state index is -0.949. The number of hydrogen-bond donors (Lipinski definition) is 2. The number of rotatable bonds is 6. The van der Waals surface area contributed by atoms with Gasteiger partial charge in [0.25, 0.3) is 0 Å². The lowest BCUT2D eigenvalue weighted by Gasteiger charge is -2.28. The van der Waals surface area contributed by atoms with Crippen LogP contribution < -0.4 is 5.32 Å². The van der Waals surface area contributed by atoms with E-state index in [2.05, 4.69) is 32.3 Å². The zero-order valence-electron chi connectivity index (χ0n) is 17.8. The van der Waals surface area contributed by atoms with E-state index in [0.29, 0.717) is 18.5 Å². The quantitative estimate of drug-likeness (QED) is 0.629. The summed E-state index contributed by atoms with van der Waals surface area (Å²) < 4.78 is 2.03. The Morgan fingerprint density at radius 1 is 1.23 bits per heavy atom. The van der Waals surface area contributed by atoms with Gasteiger partial charge in [-0.1, -0.05) is 24.3 Å². The first-order chi connectivity index (χ1) is 15.0. The molecule has 3 aromatic rings. The molecule has 9 nitrogen and oxygen atoms in total. The van der Waals surface area contributed by atoms with Gasteiger partial charge in [0, 0.05) is 31.5 Å². The highest BCUT2D eigenvalue weighted by Crippen LogP contribution is 2.24. The number of aromatic nitrogens is 4. The van der Waals surface area contributed by atoms with Gasteiger partial charge in [-0.25, -0.2) is 14.8 Å². The molecular weight excluding hydrogens is 394 g/mol. The molecule has 0 saturated carbocycles. The minimum Gasteiger partial charge on any atom is -0.465 e.